The first kappa shape index (κ1) is 17.5. The number of ether oxygens (including phenoxy) is 2. The highest BCUT2D eigenvalue weighted by Crippen LogP contribution is 2.36. The van der Waals surface area contributed by atoms with Crippen LogP contribution in [0.4, 0.5) is 4.79 Å². The highest BCUT2D eigenvalue weighted by Gasteiger charge is 2.36. The number of fused-ring (bicyclic) bond motifs is 1. The Kier molecular flexibility index (Phi) is 5.13. The summed E-state index contributed by atoms with van der Waals surface area (Å²) in [5, 5.41) is -0.472. The molecule has 1 heterocycles. The summed E-state index contributed by atoms with van der Waals surface area (Å²) < 4.78 is 10.2. The number of aryl methyl sites for hydroxylation is 2. The average molecular weight is 361 g/mol. The normalized spacial score (nSPS) is 18.0. The smallest absolute Gasteiger partial charge is 0.325 e. The molecule has 0 atom stereocenters. The molecule has 1 saturated heterocycles. The summed E-state index contributed by atoms with van der Waals surface area (Å²) in [6.07, 6.45) is 4.82. The third-order valence-electron chi connectivity index (χ3n) is 4.20. The Morgan fingerprint density at radius 3 is 2.68 bits per heavy atom. The van der Waals surface area contributed by atoms with Crippen molar-refractivity contribution in [2.75, 3.05) is 20.3 Å². The van der Waals surface area contributed by atoms with Crippen LogP contribution in [0.25, 0.3) is 6.08 Å². The first-order valence-corrected chi connectivity index (χ1v) is 8.96. The van der Waals surface area contributed by atoms with E-state index in [0.29, 0.717) is 12.4 Å². The first-order chi connectivity index (χ1) is 12.0. The van der Waals surface area contributed by atoms with Gasteiger partial charge in [0.25, 0.3) is 11.1 Å². The molecule has 6 nitrogen and oxygen atoms in total. The van der Waals surface area contributed by atoms with Crippen molar-refractivity contribution in [3.8, 4) is 5.75 Å². The number of nitrogens with zero attached hydrogens (tertiary/aromatic N) is 1. The van der Waals surface area contributed by atoms with Crippen LogP contribution in [-0.2, 0) is 27.2 Å². The van der Waals surface area contributed by atoms with Gasteiger partial charge >= 0.3 is 5.97 Å². The van der Waals surface area contributed by atoms with E-state index in [1.807, 2.05) is 19.1 Å². The third kappa shape index (κ3) is 3.56. The van der Waals surface area contributed by atoms with E-state index in [2.05, 4.69) is 4.74 Å². The number of hydrogen-bond acceptors (Lipinski definition) is 6. The third-order valence-corrected chi connectivity index (χ3v) is 5.11. The Hall–Kier alpha value is -2.28. The van der Waals surface area contributed by atoms with E-state index in [1.165, 1.54) is 18.2 Å². The zero-order valence-corrected chi connectivity index (χ0v) is 15.0. The SMILES string of the molecule is CCOc1cc2c(cc1/C=C1/SC(=O)N(CC(=O)OC)C1=O)CCC2. The molecule has 0 saturated carbocycles. The van der Waals surface area contributed by atoms with Crippen molar-refractivity contribution in [1.29, 1.82) is 0 Å². The number of carbonyl (C=O) groups is 3. The second-order valence-electron chi connectivity index (χ2n) is 5.79. The number of carbonyl (C=O) groups excluding carboxylic acids is 3. The van der Waals surface area contributed by atoms with Crippen LogP contribution in [0.3, 0.4) is 0 Å². The lowest BCUT2D eigenvalue weighted by Gasteiger charge is -2.11. The predicted molar refractivity (Wildman–Crippen MR) is 94.3 cm³/mol. The molecule has 2 aliphatic rings. The average Bonchev–Trinajstić information content (AvgIpc) is 3.14. The Morgan fingerprint density at radius 1 is 1.28 bits per heavy atom. The second-order valence-corrected chi connectivity index (χ2v) is 6.78. The molecule has 3 rings (SSSR count). The Bertz CT molecular complexity index is 771. The van der Waals surface area contributed by atoms with Crippen LogP contribution in [0.2, 0.25) is 0 Å². The largest absolute Gasteiger partial charge is 0.493 e. The highest BCUT2D eigenvalue weighted by atomic mass is 32.2. The Labute approximate surface area is 150 Å². The van der Waals surface area contributed by atoms with Crippen LogP contribution in [0, 0.1) is 0 Å². The quantitative estimate of drug-likeness (QED) is 0.593. The van der Waals surface area contributed by atoms with Crippen molar-refractivity contribution < 1.29 is 23.9 Å². The van der Waals surface area contributed by atoms with Gasteiger partial charge in [-0.05, 0) is 67.3 Å². The van der Waals surface area contributed by atoms with Gasteiger partial charge in [-0.3, -0.25) is 19.3 Å². The molecule has 1 fully saturated rings. The van der Waals surface area contributed by atoms with Crippen LogP contribution in [0.5, 0.6) is 5.75 Å². The molecule has 132 valence electrons. The number of hydrogen-bond donors (Lipinski definition) is 0. The maximum absolute atomic E-state index is 12.4. The number of imide groups is 1. The van der Waals surface area contributed by atoms with Crippen molar-refractivity contribution in [2.45, 2.75) is 26.2 Å². The molecule has 0 bridgehead atoms. The fraction of sp³-hybridized carbons (Fsp3) is 0.389. The summed E-state index contributed by atoms with van der Waals surface area (Å²) in [4.78, 5) is 37.0. The van der Waals surface area contributed by atoms with Crippen LogP contribution in [-0.4, -0.2) is 42.3 Å². The fourth-order valence-corrected chi connectivity index (χ4v) is 3.81. The minimum Gasteiger partial charge on any atom is -0.493 e. The minimum atomic E-state index is -0.629. The number of esters is 1. The van der Waals surface area contributed by atoms with Crippen LogP contribution in [0.15, 0.2) is 17.0 Å². The van der Waals surface area contributed by atoms with Crippen molar-refractivity contribution in [3.05, 3.63) is 33.7 Å². The fourth-order valence-electron chi connectivity index (χ4n) is 2.99. The molecule has 0 unspecified atom stereocenters. The van der Waals surface area contributed by atoms with Gasteiger partial charge in [0.1, 0.15) is 12.3 Å². The van der Waals surface area contributed by atoms with Gasteiger partial charge in [-0.25, -0.2) is 0 Å². The van der Waals surface area contributed by atoms with Crippen molar-refractivity contribution >= 4 is 35.0 Å². The van der Waals surface area contributed by atoms with E-state index in [9.17, 15) is 14.4 Å². The standard InChI is InChI=1S/C18H19NO5S/c1-3-24-14-8-12-6-4-5-11(12)7-13(14)9-15-17(21)19(18(22)25-15)10-16(20)23-2/h7-9H,3-6,10H2,1-2H3/b15-9+. The maximum Gasteiger partial charge on any atom is 0.325 e. The molecule has 7 heteroatoms. The van der Waals surface area contributed by atoms with Gasteiger partial charge in [-0.1, -0.05) is 0 Å². The summed E-state index contributed by atoms with van der Waals surface area (Å²) in [5.74, 6) is -0.401. The lowest BCUT2D eigenvalue weighted by molar-refractivity contribution is -0.143. The molecular weight excluding hydrogens is 342 g/mol. The van der Waals surface area contributed by atoms with E-state index in [0.717, 1.165) is 41.5 Å². The molecule has 1 aliphatic carbocycles. The van der Waals surface area contributed by atoms with E-state index in [-0.39, 0.29) is 11.4 Å². The number of rotatable bonds is 5. The first-order valence-electron chi connectivity index (χ1n) is 8.14. The molecule has 0 aromatic heterocycles. The topological polar surface area (TPSA) is 72.9 Å². The molecule has 0 spiro atoms. The van der Waals surface area contributed by atoms with E-state index >= 15 is 0 Å². The monoisotopic (exact) mass is 361 g/mol. The summed E-state index contributed by atoms with van der Waals surface area (Å²) in [7, 11) is 1.22. The summed E-state index contributed by atoms with van der Waals surface area (Å²) in [5.41, 5.74) is 3.31. The van der Waals surface area contributed by atoms with Crippen molar-refractivity contribution in [3.63, 3.8) is 0 Å². The van der Waals surface area contributed by atoms with E-state index in [4.69, 9.17) is 4.74 Å². The van der Waals surface area contributed by atoms with Gasteiger partial charge in [0, 0.05) is 5.56 Å². The van der Waals surface area contributed by atoms with Gasteiger partial charge in [0.05, 0.1) is 18.6 Å². The summed E-state index contributed by atoms with van der Waals surface area (Å²) in [6.45, 7) is 2.05. The van der Waals surface area contributed by atoms with Crippen LogP contribution >= 0.6 is 11.8 Å². The summed E-state index contributed by atoms with van der Waals surface area (Å²) >= 11 is 0.824. The van der Waals surface area contributed by atoms with Crippen LogP contribution in [0.1, 0.15) is 30.0 Å². The van der Waals surface area contributed by atoms with Gasteiger partial charge in [0.2, 0.25) is 0 Å². The molecule has 2 amide bonds. The number of amides is 2. The molecule has 1 aromatic carbocycles. The van der Waals surface area contributed by atoms with E-state index < -0.39 is 17.1 Å². The zero-order chi connectivity index (χ0) is 18.0. The molecule has 1 aromatic rings. The maximum atomic E-state index is 12.4. The van der Waals surface area contributed by atoms with Gasteiger partial charge < -0.3 is 9.47 Å². The van der Waals surface area contributed by atoms with Crippen molar-refractivity contribution in [2.24, 2.45) is 0 Å². The van der Waals surface area contributed by atoms with Crippen LogP contribution < -0.4 is 4.74 Å². The second kappa shape index (κ2) is 7.31. The minimum absolute atomic E-state index is 0.285. The molecular formula is C18H19NO5S. The highest BCUT2D eigenvalue weighted by molar-refractivity contribution is 8.18. The molecule has 0 radical (unpaired) electrons. The lowest BCUT2D eigenvalue weighted by atomic mass is 10.0. The molecule has 25 heavy (non-hydrogen) atoms. The number of thioether (sulfide) groups is 1. The van der Waals surface area contributed by atoms with Gasteiger partial charge in [-0.15, -0.1) is 0 Å². The summed E-state index contributed by atoms with van der Waals surface area (Å²) in [6, 6.07) is 4.05. The molecule has 1 aliphatic heterocycles. The van der Waals surface area contributed by atoms with Gasteiger partial charge in [-0.2, -0.15) is 0 Å². The Balaban J connectivity index is 1.91. The number of benzene rings is 1. The zero-order valence-electron chi connectivity index (χ0n) is 14.2. The van der Waals surface area contributed by atoms with E-state index in [1.54, 1.807) is 6.08 Å². The molecule has 0 N–H and O–H groups in total. The number of methoxy groups -OCH3 is 1. The predicted octanol–water partition coefficient (Wildman–Crippen LogP) is 2.78. The Morgan fingerprint density at radius 2 is 2.00 bits per heavy atom. The lowest BCUT2D eigenvalue weighted by Crippen LogP contribution is -2.34. The van der Waals surface area contributed by atoms with Crippen molar-refractivity contribution in [1.82, 2.24) is 4.90 Å². The van der Waals surface area contributed by atoms with Gasteiger partial charge in [0.15, 0.2) is 0 Å².